The van der Waals surface area contributed by atoms with Gasteiger partial charge in [0.05, 0.1) is 6.26 Å². The minimum Gasteiger partial charge on any atom is -0.299 e. The van der Waals surface area contributed by atoms with Gasteiger partial charge in [0.2, 0.25) is 10.0 Å². The SMILES string of the molecule is CS(=O)(=O)N1CCCC(CC(=O)C2CC3CCC2C3)C1. The molecule has 2 bridgehead atoms. The Morgan fingerprint density at radius 3 is 2.60 bits per heavy atom. The molecule has 114 valence electrons. The number of ketones is 1. The predicted octanol–water partition coefficient (Wildman–Crippen LogP) is 2.05. The molecule has 0 aromatic heterocycles. The van der Waals surface area contributed by atoms with Crippen LogP contribution in [0.2, 0.25) is 0 Å². The van der Waals surface area contributed by atoms with E-state index in [2.05, 4.69) is 0 Å². The quantitative estimate of drug-likeness (QED) is 0.798. The molecule has 0 radical (unpaired) electrons. The van der Waals surface area contributed by atoms with E-state index in [0.29, 0.717) is 37.1 Å². The van der Waals surface area contributed by atoms with Gasteiger partial charge in [-0.15, -0.1) is 0 Å². The van der Waals surface area contributed by atoms with Crippen molar-refractivity contribution in [2.24, 2.45) is 23.7 Å². The standard InChI is InChI=1S/C15H25NO3S/c1-20(18,19)16-6-2-3-12(10-16)9-15(17)14-8-11-4-5-13(14)7-11/h11-14H,2-10H2,1H3. The lowest BCUT2D eigenvalue weighted by molar-refractivity contribution is -0.125. The first-order valence-corrected chi connectivity index (χ1v) is 9.76. The molecule has 4 atom stereocenters. The second-order valence-electron chi connectivity index (χ2n) is 7.08. The number of fused-ring (bicyclic) bond motifs is 2. The number of hydrogen-bond acceptors (Lipinski definition) is 3. The van der Waals surface area contributed by atoms with Crippen LogP contribution in [-0.4, -0.2) is 37.9 Å². The lowest BCUT2D eigenvalue weighted by atomic mass is 9.81. The van der Waals surface area contributed by atoms with Crippen molar-refractivity contribution >= 4 is 15.8 Å². The molecule has 2 saturated carbocycles. The molecule has 1 heterocycles. The minimum atomic E-state index is -3.10. The molecular formula is C15H25NO3S. The monoisotopic (exact) mass is 299 g/mol. The van der Waals surface area contributed by atoms with Crippen LogP contribution in [0.15, 0.2) is 0 Å². The molecule has 3 aliphatic rings. The summed E-state index contributed by atoms with van der Waals surface area (Å²) in [5, 5.41) is 0. The van der Waals surface area contributed by atoms with Crippen molar-refractivity contribution in [1.29, 1.82) is 0 Å². The molecule has 1 saturated heterocycles. The van der Waals surface area contributed by atoms with Crippen molar-refractivity contribution in [3.8, 4) is 0 Å². The fraction of sp³-hybridized carbons (Fsp3) is 0.933. The summed E-state index contributed by atoms with van der Waals surface area (Å²) in [5.41, 5.74) is 0. The van der Waals surface area contributed by atoms with E-state index < -0.39 is 10.0 Å². The molecule has 2 aliphatic carbocycles. The smallest absolute Gasteiger partial charge is 0.211 e. The topological polar surface area (TPSA) is 54.5 Å². The van der Waals surface area contributed by atoms with E-state index in [9.17, 15) is 13.2 Å². The van der Waals surface area contributed by atoms with E-state index in [1.54, 1.807) is 4.31 Å². The average molecular weight is 299 g/mol. The number of sulfonamides is 1. The fourth-order valence-electron chi connectivity index (χ4n) is 4.57. The summed E-state index contributed by atoms with van der Waals surface area (Å²) in [6.07, 6.45) is 8.68. The number of Topliss-reactive ketones (excluding diaryl/α,β-unsaturated/α-hetero) is 1. The van der Waals surface area contributed by atoms with Gasteiger partial charge < -0.3 is 0 Å². The highest BCUT2D eigenvalue weighted by molar-refractivity contribution is 7.88. The number of carbonyl (C=O) groups is 1. The summed E-state index contributed by atoms with van der Waals surface area (Å²) >= 11 is 0. The van der Waals surface area contributed by atoms with E-state index in [1.807, 2.05) is 0 Å². The summed E-state index contributed by atoms with van der Waals surface area (Å²) in [5.74, 6) is 2.39. The Morgan fingerprint density at radius 1 is 1.20 bits per heavy atom. The number of piperidine rings is 1. The largest absolute Gasteiger partial charge is 0.299 e. The lowest BCUT2D eigenvalue weighted by Crippen LogP contribution is -2.40. The number of nitrogens with zero attached hydrogens (tertiary/aromatic N) is 1. The van der Waals surface area contributed by atoms with E-state index in [0.717, 1.165) is 25.2 Å². The van der Waals surface area contributed by atoms with Crippen LogP contribution >= 0.6 is 0 Å². The normalized spacial score (nSPS) is 38.2. The van der Waals surface area contributed by atoms with Gasteiger partial charge >= 0.3 is 0 Å². The molecule has 0 N–H and O–H groups in total. The van der Waals surface area contributed by atoms with Gasteiger partial charge in [-0.3, -0.25) is 4.79 Å². The molecule has 0 amide bonds. The third-order valence-corrected chi connectivity index (χ3v) is 6.86. The molecule has 0 aromatic carbocycles. The lowest BCUT2D eigenvalue weighted by Gasteiger charge is -2.31. The van der Waals surface area contributed by atoms with Crippen molar-refractivity contribution in [3.05, 3.63) is 0 Å². The van der Waals surface area contributed by atoms with E-state index >= 15 is 0 Å². The minimum absolute atomic E-state index is 0.241. The molecule has 0 aromatic rings. The van der Waals surface area contributed by atoms with Crippen molar-refractivity contribution < 1.29 is 13.2 Å². The van der Waals surface area contributed by atoms with Crippen LogP contribution in [0.3, 0.4) is 0 Å². The average Bonchev–Trinajstić information content (AvgIpc) is 3.00. The Hall–Kier alpha value is -0.420. The van der Waals surface area contributed by atoms with Crippen LogP contribution in [0.25, 0.3) is 0 Å². The fourth-order valence-corrected chi connectivity index (χ4v) is 5.51. The Labute approximate surface area is 122 Å². The number of rotatable bonds is 4. The van der Waals surface area contributed by atoms with Gasteiger partial charge in [0.1, 0.15) is 5.78 Å². The van der Waals surface area contributed by atoms with Crippen LogP contribution in [0.5, 0.6) is 0 Å². The van der Waals surface area contributed by atoms with Gasteiger partial charge in [0.25, 0.3) is 0 Å². The van der Waals surface area contributed by atoms with Gasteiger partial charge in [-0.05, 0) is 49.9 Å². The van der Waals surface area contributed by atoms with Crippen molar-refractivity contribution in [1.82, 2.24) is 4.31 Å². The van der Waals surface area contributed by atoms with Crippen LogP contribution in [0.4, 0.5) is 0 Å². The highest BCUT2D eigenvalue weighted by Crippen LogP contribution is 2.49. The Morgan fingerprint density at radius 2 is 2.00 bits per heavy atom. The van der Waals surface area contributed by atoms with E-state index in [-0.39, 0.29) is 5.92 Å². The first-order valence-electron chi connectivity index (χ1n) is 7.91. The van der Waals surface area contributed by atoms with Crippen molar-refractivity contribution in [3.63, 3.8) is 0 Å². The third kappa shape index (κ3) is 2.93. The molecular weight excluding hydrogens is 274 g/mol. The Bertz CT molecular complexity index is 487. The van der Waals surface area contributed by atoms with E-state index in [4.69, 9.17) is 0 Å². The summed E-state index contributed by atoms with van der Waals surface area (Å²) in [6.45, 7) is 1.17. The molecule has 20 heavy (non-hydrogen) atoms. The maximum absolute atomic E-state index is 12.5. The molecule has 4 nitrogen and oxygen atoms in total. The predicted molar refractivity (Wildman–Crippen MR) is 77.7 cm³/mol. The summed E-state index contributed by atoms with van der Waals surface area (Å²) in [4.78, 5) is 12.5. The van der Waals surface area contributed by atoms with Crippen LogP contribution in [0.1, 0.15) is 44.9 Å². The zero-order valence-corrected chi connectivity index (χ0v) is 13.1. The molecule has 5 heteroatoms. The zero-order chi connectivity index (χ0) is 14.3. The van der Waals surface area contributed by atoms with Crippen molar-refractivity contribution in [2.45, 2.75) is 44.9 Å². The van der Waals surface area contributed by atoms with Gasteiger partial charge in [-0.1, -0.05) is 6.42 Å². The Balaban J connectivity index is 1.56. The van der Waals surface area contributed by atoms with Gasteiger partial charge in [-0.25, -0.2) is 12.7 Å². The number of carbonyl (C=O) groups excluding carboxylic acids is 1. The van der Waals surface area contributed by atoms with Gasteiger partial charge in [-0.2, -0.15) is 0 Å². The van der Waals surface area contributed by atoms with Crippen LogP contribution < -0.4 is 0 Å². The second kappa shape index (κ2) is 5.41. The highest BCUT2D eigenvalue weighted by atomic mass is 32.2. The van der Waals surface area contributed by atoms with E-state index in [1.165, 1.54) is 25.5 Å². The number of hydrogen-bond donors (Lipinski definition) is 0. The second-order valence-corrected chi connectivity index (χ2v) is 9.06. The molecule has 4 unspecified atom stereocenters. The first-order chi connectivity index (χ1) is 9.43. The zero-order valence-electron chi connectivity index (χ0n) is 12.3. The summed E-state index contributed by atoms with van der Waals surface area (Å²) in [6, 6.07) is 0. The molecule has 3 rings (SSSR count). The summed E-state index contributed by atoms with van der Waals surface area (Å²) in [7, 11) is -3.10. The maximum Gasteiger partial charge on any atom is 0.211 e. The first kappa shape index (κ1) is 14.5. The van der Waals surface area contributed by atoms with Crippen molar-refractivity contribution in [2.75, 3.05) is 19.3 Å². The highest BCUT2D eigenvalue weighted by Gasteiger charge is 2.43. The maximum atomic E-state index is 12.5. The van der Waals surface area contributed by atoms with Gasteiger partial charge in [0, 0.05) is 25.4 Å². The third-order valence-electron chi connectivity index (χ3n) is 5.59. The van der Waals surface area contributed by atoms with Crippen LogP contribution in [0, 0.1) is 23.7 Å². The van der Waals surface area contributed by atoms with Crippen LogP contribution in [-0.2, 0) is 14.8 Å². The molecule has 0 spiro atoms. The molecule has 3 fully saturated rings. The Kier molecular flexibility index (Phi) is 3.93. The summed E-state index contributed by atoms with van der Waals surface area (Å²) < 4.78 is 24.8. The van der Waals surface area contributed by atoms with Gasteiger partial charge in [0.15, 0.2) is 0 Å². The molecule has 1 aliphatic heterocycles.